The quantitative estimate of drug-likeness (QED) is 0.910. The van der Waals surface area contributed by atoms with Crippen LogP contribution in [-0.4, -0.2) is 40.5 Å². The highest BCUT2D eigenvalue weighted by molar-refractivity contribution is 5.75. The molecule has 2 amide bonds. The second-order valence-electron chi connectivity index (χ2n) is 6.86. The van der Waals surface area contributed by atoms with Gasteiger partial charge in [-0.2, -0.15) is 0 Å². The molecular weight excluding hydrogens is 319 g/mol. The number of rotatable bonds is 5. The van der Waals surface area contributed by atoms with Gasteiger partial charge in [-0.3, -0.25) is 0 Å². The molecule has 1 aliphatic heterocycles. The van der Waals surface area contributed by atoms with Gasteiger partial charge in [-0.25, -0.2) is 19.2 Å². The zero-order valence-electron chi connectivity index (χ0n) is 14.0. The third-order valence-corrected chi connectivity index (χ3v) is 4.88. The first-order valence-electron chi connectivity index (χ1n) is 8.78. The zero-order valence-corrected chi connectivity index (χ0v) is 14.0. The van der Waals surface area contributed by atoms with Gasteiger partial charge in [-0.15, -0.1) is 0 Å². The molecule has 2 fully saturated rings. The van der Waals surface area contributed by atoms with E-state index in [2.05, 4.69) is 15.3 Å². The Morgan fingerprint density at radius 3 is 2.44 bits per heavy atom. The van der Waals surface area contributed by atoms with Crippen molar-refractivity contribution in [3.05, 3.63) is 59.4 Å². The van der Waals surface area contributed by atoms with Crippen LogP contribution in [0.25, 0.3) is 0 Å². The fourth-order valence-electron chi connectivity index (χ4n) is 3.07. The minimum absolute atomic E-state index is 0.0621. The van der Waals surface area contributed by atoms with Gasteiger partial charge in [-0.05, 0) is 48.4 Å². The molecule has 1 aromatic heterocycles. The fraction of sp³-hybridized carbons (Fsp3) is 0.421. The second-order valence-corrected chi connectivity index (χ2v) is 6.86. The first kappa shape index (κ1) is 16.0. The third-order valence-electron chi connectivity index (χ3n) is 4.88. The summed E-state index contributed by atoms with van der Waals surface area (Å²) < 4.78 is 12.9. The van der Waals surface area contributed by atoms with Crippen LogP contribution in [0.2, 0.25) is 0 Å². The molecule has 2 heterocycles. The van der Waals surface area contributed by atoms with E-state index in [1.165, 1.54) is 30.5 Å². The normalized spacial score (nSPS) is 17.2. The molecule has 2 aromatic rings. The molecule has 1 saturated carbocycles. The summed E-state index contributed by atoms with van der Waals surface area (Å²) in [6.45, 7) is 1.86. The first-order chi connectivity index (χ1) is 12.2. The van der Waals surface area contributed by atoms with Crippen molar-refractivity contribution in [3.8, 4) is 0 Å². The molecule has 0 spiro atoms. The van der Waals surface area contributed by atoms with Crippen molar-refractivity contribution in [2.24, 2.45) is 0 Å². The average Bonchev–Trinajstić information content (AvgIpc) is 3.41. The molecule has 6 heteroatoms. The third kappa shape index (κ3) is 3.78. The summed E-state index contributed by atoms with van der Waals surface area (Å²) in [7, 11) is 0. The summed E-state index contributed by atoms with van der Waals surface area (Å²) in [6, 6.07) is 6.29. The van der Waals surface area contributed by atoms with Crippen molar-refractivity contribution in [1.82, 2.24) is 20.2 Å². The fourth-order valence-corrected chi connectivity index (χ4v) is 3.07. The highest BCUT2D eigenvalue weighted by Crippen LogP contribution is 2.39. The number of nitrogens with zero attached hydrogens (tertiary/aromatic N) is 3. The van der Waals surface area contributed by atoms with Gasteiger partial charge in [-0.1, -0.05) is 12.1 Å². The van der Waals surface area contributed by atoms with Gasteiger partial charge >= 0.3 is 6.03 Å². The number of hydrogen-bond donors (Lipinski definition) is 1. The Hall–Kier alpha value is -2.50. The number of carbonyl (C=O) groups is 1. The number of amides is 2. The SMILES string of the molecule is O=C(NCCc1ccc(F)cc1)N1CC(c2ncc(C3CC3)cn2)C1. The lowest BCUT2D eigenvalue weighted by Gasteiger charge is -2.38. The van der Waals surface area contributed by atoms with E-state index in [1.54, 1.807) is 17.0 Å². The maximum atomic E-state index is 12.9. The van der Waals surface area contributed by atoms with E-state index in [1.807, 2.05) is 12.4 Å². The smallest absolute Gasteiger partial charge is 0.317 e. The van der Waals surface area contributed by atoms with Crippen molar-refractivity contribution in [2.45, 2.75) is 31.1 Å². The van der Waals surface area contributed by atoms with E-state index >= 15 is 0 Å². The summed E-state index contributed by atoms with van der Waals surface area (Å²) in [6.07, 6.45) is 7.06. The molecule has 0 atom stereocenters. The maximum absolute atomic E-state index is 12.9. The van der Waals surface area contributed by atoms with Crippen molar-refractivity contribution < 1.29 is 9.18 Å². The Balaban J connectivity index is 1.20. The second kappa shape index (κ2) is 6.78. The van der Waals surface area contributed by atoms with E-state index < -0.39 is 0 Å². The Morgan fingerprint density at radius 1 is 1.12 bits per heavy atom. The first-order valence-corrected chi connectivity index (χ1v) is 8.78. The Kier molecular flexibility index (Phi) is 4.34. The predicted molar refractivity (Wildman–Crippen MR) is 91.8 cm³/mol. The number of carbonyl (C=O) groups excluding carboxylic acids is 1. The molecule has 25 heavy (non-hydrogen) atoms. The van der Waals surface area contributed by atoms with Crippen LogP contribution in [0.3, 0.4) is 0 Å². The number of nitrogens with one attached hydrogen (secondary N) is 1. The van der Waals surface area contributed by atoms with Crippen LogP contribution in [-0.2, 0) is 6.42 Å². The maximum Gasteiger partial charge on any atom is 0.317 e. The van der Waals surface area contributed by atoms with Gasteiger partial charge in [0.05, 0.1) is 5.92 Å². The van der Waals surface area contributed by atoms with Gasteiger partial charge in [0.25, 0.3) is 0 Å². The molecule has 2 aliphatic rings. The van der Waals surface area contributed by atoms with E-state index in [0.717, 1.165) is 11.4 Å². The van der Waals surface area contributed by atoms with E-state index in [4.69, 9.17) is 0 Å². The lowest BCUT2D eigenvalue weighted by molar-refractivity contribution is 0.148. The number of halogens is 1. The van der Waals surface area contributed by atoms with Gasteiger partial charge in [0.1, 0.15) is 11.6 Å². The van der Waals surface area contributed by atoms with Gasteiger partial charge in [0, 0.05) is 32.0 Å². The van der Waals surface area contributed by atoms with Gasteiger partial charge < -0.3 is 10.2 Å². The number of aromatic nitrogens is 2. The van der Waals surface area contributed by atoms with Gasteiger partial charge in [0.2, 0.25) is 0 Å². The number of benzene rings is 1. The molecule has 0 unspecified atom stereocenters. The van der Waals surface area contributed by atoms with Crippen molar-refractivity contribution in [1.29, 1.82) is 0 Å². The van der Waals surface area contributed by atoms with Crippen molar-refractivity contribution in [3.63, 3.8) is 0 Å². The highest BCUT2D eigenvalue weighted by atomic mass is 19.1. The number of likely N-dealkylation sites (tertiary alicyclic amines) is 1. The van der Waals surface area contributed by atoms with Crippen LogP contribution in [0, 0.1) is 5.82 Å². The van der Waals surface area contributed by atoms with Crippen LogP contribution in [0.1, 0.15) is 41.6 Å². The largest absolute Gasteiger partial charge is 0.338 e. The Bertz CT molecular complexity index is 737. The monoisotopic (exact) mass is 340 g/mol. The summed E-state index contributed by atoms with van der Waals surface area (Å²) in [5.41, 5.74) is 2.24. The minimum Gasteiger partial charge on any atom is -0.338 e. The molecule has 1 N–H and O–H groups in total. The van der Waals surface area contributed by atoms with Crippen LogP contribution < -0.4 is 5.32 Å². The van der Waals surface area contributed by atoms with Crippen LogP contribution in [0.4, 0.5) is 9.18 Å². The number of hydrogen-bond acceptors (Lipinski definition) is 3. The summed E-state index contributed by atoms with van der Waals surface area (Å²) in [5, 5.41) is 2.90. The summed E-state index contributed by atoms with van der Waals surface area (Å²) in [5.74, 6) is 1.49. The molecule has 4 rings (SSSR count). The highest BCUT2D eigenvalue weighted by Gasteiger charge is 2.34. The van der Waals surface area contributed by atoms with Crippen molar-refractivity contribution >= 4 is 6.03 Å². The van der Waals surface area contributed by atoms with E-state index in [0.29, 0.717) is 32.0 Å². The van der Waals surface area contributed by atoms with E-state index in [9.17, 15) is 9.18 Å². The van der Waals surface area contributed by atoms with Crippen LogP contribution >= 0.6 is 0 Å². The summed E-state index contributed by atoms with van der Waals surface area (Å²) in [4.78, 5) is 22.8. The lowest BCUT2D eigenvalue weighted by atomic mass is 9.99. The van der Waals surface area contributed by atoms with Crippen LogP contribution in [0.5, 0.6) is 0 Å². The molecule has 0 radical (unpaired) electrons. The molecule has 130 valence electrons. The zero-order chi connectivity index (χ0) is 17.2. The topological polar surface area (TPSA) is 58.1 Å². The Labute approximate surface area is 146 Å². The molecule has 1 saturated heterocycles. The molecule has 1 aromatic carbocycles. The van der Waals surface area contributed by atoms with Crippen molar-refractivity contribution in [2.75, 3.05) is 19.6 Å². The molecule has 0 bridgehead atoms. The van der Waals surface area contributed by atoms with Gasteiger partial charge in [0.15, 0.2) is 0 Å². The molecular formula is C19H21FN4O. The average molecular weight is 340 g/mol. The van der Waals surface area contributed by atoms with E-state index in [-0.39, 0.29) is 17.8 Å². The molecule has 5 nitrogen and oxygen atoms in total. The standard InChI is InChI=1S/C19H21FN4O/c20-17-5-1-13(2-6-17)7-8-21-19(25)24-11-16(12-24)18-22-9-15(10-23-18)14-3-4-14/h1-2,5-6,9-10,14,16H,3-4,7-8,11-12H2,(H,21,25). The number of urea groups is 1. The minimum atomic E-state index is -0.244. The molecule has 1 aliphatic carbocycles. The van der Waals surface area contributed by atoms with Crippen LogP contribution in [0.15, 0.2) is 36.7 Å². The summed E-state index contributed by atoms with van der Waals surface area (Å²) >= 11 is 0. The Morgan fingerprint density at radius 2 is 1.80 bits per heavy atom. The predicted octanol–water partition coefficient (Wildman–Crippen LogP) is 2.84. The lowest BCUT2D eigenvalue weighted by Crippen LogP contribution is -2.53.